The molecule has 0 saturated carbocycles. The molecule has 4 heterocycles. The van der Waals surface area contributed by atoms with Crippen LogP contribution in [0.25, 0.3) is 0 Å². The molecular formula is C23H28F3N3O4S2. The van der Waals surface area contributed by atoms with Crippen molar-refractivity contribution < 1.29 is 31.4 Å². The number of halogens is 3. The van der Waals surface area contributed by atoms with Crippen molar-refractivity contribution in [1.82, 2.24) is 9.21 Å². The van der Waals surface area contributed by atoms with Crippen LogP contribution in [0.5, 0.6) is 0 Å². The van der Waals surface area contributed by atoms with E-state index in [9.17, 15) is 26.7 Å². The molecule has 4 atom stereocenters. The van der Waals surface area contributed by atoms with E-state index in [0.717, 1.165) is 19.9 Å². The maximum Gasteiger partial charge on any atom is 0.421 e. The molecule has 0 amide bonds. The van der Waals surface area contributed by atoms with E-state index in [2.05, 4.69) is 9.80 Å². The SMILES string of the molecule is CC(O)(c1ccc(N2CCN(S(=O)(=O)c3cccs3)CC2CN2C[C@@H]3C[C@@H]2CO3)cc1)C(F)(F)F. The Kier molecular flexibility index (Phi) is 6.42. The summed E-state index contributed by atoms with van der Waals surface area (Å²) in [5.74, 6) is 0. The van der Waals surface area contributed by atoms with Gasteiger partial charge in [0.1, 0.15) is 4.21 Å². The van der Waals surface area contributed by atoms with E-state index in [1.807, 2.05) is 0 Å². The maximum atomic E-state index is 13.3. The molecule has 3 fully saturated rings. The van der Waals surface area contributed by atoms with Crippen molar-refractivity contribution in [2.24, 2.45) is 0 Å². The lowest BCUT2D eigenvalue weighted by molar-refractivity contribution is -0.258. The van der Waals surface area contributed by atoms with Crippen LogP contribution in [-0.4, -0.2) is 86.4 Å². The fourth-order valence-electron chi connectivity index (χ4n) is 5.19. The van der Waals surface area contributed by atoms with Gasteiger partial charge in [0, 0.05) is 44.5 Å². The number of nitrogens with zero attached hydrogens (tertiary/aromatic N) is 3. The average Bonchev–Trinajstić information content (AvgIpc) is 3.57. The molecule has 5 rings (SSSR count). The second-order valence-electron chi connectivity index (χ2n) is 9.56. The van der Waals surface area contributed by atoms with Gasteiger partial charge in [-0.15, -0.1) is 11.3 Å². The average molecular weight is 532 g/mol. The van der Waals surface area contributed by atoms with Gasteiger partial charge in [0.25, 0.3) is 10.0 Å². The molecule has 0 aliphatic carbocycles. The number of sulfonamides is 1. The second-order valence-corrected chi connectivity index (χ2v) is 12.7. The summed E-state index contributed by atoms with van der Waals surface area (Å²) in [5, 5.41) is 11.7. The van der Waals surface area contributed by atoms with Gasteiger partial charge in [0.2, 0.25) is 0 Å². The highest BCUT2D eigenvalue weighted by Crippen LogP contribution is 2.39. The number of ether oxygens (including phenoxy) is 1. The lowest BCUT2D eigenvalue weighted by Gasteiger charge is -2.44. The van der Waals surface area contributed by atoms with Gasteiger partial charge in [-0.05, 0) is 42.5 Å². The van der Waals surface area contributed by atoms with Crippen LogP contribution in [0.2, 0.25) is 0 Å². The van der Waals surface area contributed by atoms with Gasteiger partial charge in [-0.25, -0.2) is 8.42 Å². The van der Waals surface area contributed by atoms with E-state index < -0.39 is 21.8 Å². The Morgan fingerprint density at radius 3 is 2.46 bits per heavy atom. The van der Waals surface area contributed by atoms with Crippen LogP contribution < -0.4 is 4.90 Å². The monoisotopic (exact) mass is 531 g/mol. The summed E-state index contributed by atoms with van der Waals surface area (Å²) in [4.78, 5) is 4.40. The highest BCUT2D eigenvalue weighted by atomic mass is 32.2. The zero-order valence-electron chi connectivity index (χ0n) is 19.2. The molecule has 1 N–H and O–H groups in total. The molecule has 0 radical (unpaired) electrons. The predicted molar refractivity (Wildman–Crippen MR) is 126 cm³/mol. The molecule has 3 aliphatic heterocycles. The Labute approximate surface area is 206 Å². The summed E-state index contributed by atoms with van der Waals surface area (Å²) in [6.07, 6.45) is -3.63. The van der Waals surface area contributed by atoms with Crippen molar-refractivity contribution in [1.29, 1.82) is 0 Å². The van der Waals surface area contributed by atoms with Crippen LogP contribution in [-0.2, 0) is 20.4 Å². The molecule has 3 aliphatic rings. The normalized spacial score (nSPS) is 27.9. The number of aliphatic hydroxyl groups is 1. The molecule has 35 heavy (non-hydrogen) atoms. The lowest BCUT2D eigenvalue weighted by Crippen LogP contribution is -2.59. The smallest absolute Gasteiger partial charge is 0.376 e. The third-order valence-electron chi connectivity index (χ3n) is 7.31. The van der Waals surface area contributed by atoms with Crippen LogP contribution in [0.4, 0.5) is 18.9 Å². The zero-order chi connectivity index (χ0) is 25.0. The molecular weight excluding hydrogens is 503 g/mol. The number of likely N-dealkylation sites (tertiary alicyclic amines) is 1. The number of rotatable bonds is 6. The van der Waals surface area contributed by atoms with Crippen LogP contribution >= 0.6 is 11.3 Å². The van der Waals surface area contributed by atoms with Crippen molar-refractivity contribution >= 4 is 27.0 Å². The van der Waals surface area contributed by atoms with Gasteiger partial charge in [0.15, 0.2) is 5.60 Å². The van der Waals surface area contributed by atoms with Gasteiger partial charge in [-0.1, -0.05) is 18.2 Å². The Morgan fingerprint density at radius 2 is 1.89 bits per heavy atom. The molecule has 2 aromatic rings. The topological polar surface area (TPSA) is 73.3 Å². The highest BCUT2D eigenvalue weighted by Gasteiger charge is 2.51. The number of morpholine rings is 1. The fraction of sp³-hybridized carbons (Fsp3) is 0.565. The molecule has 1 aromatic carbocycles. The van der Waals surface area contributed by atoms with E-state index in [0.29, 0.717) is 35.6 Å². The first-order valence-corrected chi connectivity index (χ1v) is 13.8. The first-order valence-electron chi connectivity index (χ1n) is 11.5. The summed E-state index contributed by atoms with van der Waals surface area (Å²) in [7, 11) is -3.62. The van der Waals surface area contributed by atoms with Crippen molar-refractivity contribution in [3.05, 3.63) is 47.3 Å². The largest absolute Gasteiger partial charge is 0.421 e. The molecule has 3 saturated heterocycles. The molecule has 1 aromatic heterocycles. The minimum atomic E-state index is -4.80. The van der Waals surface area contributed by atoms with Crippen LogP contribution in [0.1, 0.15) is 18.9 Å². The Balaban J connectivity index is 1.40. The van der Waals surface area contributed by atoms with E-state index in [4.69, 9.17) is 4.74 Å². The number of fused-ring (bicyclic) bond motifs is 2. The van der Waals surface area contributed by atoms with Crippen molar-refractivity contribution in [3.8, 4) is 0 Å². The number of hydrogen-bond donors (Lipinski definition) is 1. The summed E-state index contributed by atoms with van der Waals surface area (Å²) < 4.78 is 73.7. The predicted octanol–water partition coefficient (Wildman–Crippen LogP) is 2.87. The molecule has 0 spiro atoms. The first kappa shape index (κ1) is 25.0. The Hall–Kier alpha value is -1.70. The quantitative estimate of drug-likeness (QED) is 0.618. The summed E-state index contributed by atoms with van der Waals surface area (Å²) >= 11 is 1.18. The van der Waals surface area contributed by atoms with E-state index >= 15 is 0 Å². The number of alkyl halides is 3. The van der Waals surface area contributed by atoms with Crippen LogP contribution in [0.15, 0.2) is 46.0 Å². The summed E-state index contributed by atoms with van der Waals surface area (Å²) in [6.45, 7) is 3.77. The highest BCUT2D eigenvalue weighted by molar-refractivity contribution is 7.91. The third kappa shape index (κ3) is 4.60. The lowest BCUT2D eigenvalue weighted by atomic mass is 9.95. The van der Waals surface area contributed by atoms with Crippen molar-refractivity contribution in [3.63, 3.8) is 0 Å². The molecule has 12 heteroatoms. The van der Waals surface area contributed by atoms with Crippen molar-refractivity contribution in [2.75, 3.05) is 44.2 Å². The van der Waals surface area contributed by atoms with Crippen LogP contribution in [0.3, 0.4) is 0 Å². The minimum Gasteiger partial charge on any atom is -0.376 e. The molecule has 2 unspecified atom stereocenters. The number of benzene rings is 1. The van der Waals surface area contributed by atoms with Gasteiger partial charge < -0.3 is 14.7 Å². The zero-order valence-corrected chi connectivity index (χ0v) is 20.8. The van der Waals surface area contributed by atoms with E-state index in [1.54, 1.807) is 29.6 Å². The number of hydrogen-bond acceptors (Lipinski definition) is 7. The van der Waals surface area contributed by atoms with Gasteiger partial charge >= 0.3 is 6.18 Å². The van der Waals surface area contributed by atoms with E-state index in [-0.39, 0.29) is 30.8 Å². The minimum absolute atomic E-state index is 0.188. The summed E-state index contributed by atoms with van der Waals surface area (Å²) in [5.41, 5.74) is -2.49. The fourth-order valence-corrected chi connectivity index (χ4v) is 7.81. The molecule has 7 nitrogen and oxygen atoms in total. The molecule has 2 bridgehead atoms. The van der Waals surface area contributed by atoms with Crippen LogP contribution in [0, 0.1) is 0 Å². The Morgan fingerprint density at radius 1 is 1.14 bits per heavy atom. The van der Waals surface area contributed by atoms with Gasteiger partial charge in [0.05, 0.1) is 18.8 Å². The van der Waals surface area contributed by atoms with E-state index in [1.165, 1.54) is 27.8 Å². The second kappa shape index (κ2) is 9.00. The van der Waals surface area contributed by atoms with Gasteiger partial charge in [-0.3, -0.25) is 4.90 Å². The maximum absolute atomic E-state index is 13.3. The summed E-state index contributed by atoms with van der Waals surface area (Å²) in [6, 6.07) is 9.16. The van der Waals surface area contributed by atoms with Crippen molar-refractivity contribution in [2.45, 2.75) is 47.5 Å². The Bertz CT molecular complexity index is 1140. The number of anilines is 1. The number of piperazine rings is 1. The third-order valence-corrected chi connectivity index (χ3v) is 10.5. The molecule has 192 valence electrons. The first-order chi connectivity index (χ1) is 16.5. The number of thiophene rings is 1. The standard InChI is InChI=1S/C23H28F3N3O4S2/c1-22(30,23(24,25)26)16-4-6-17(7-5-16)29-9-8-28(35(31,32)21-3-2-10-34-21)13-19(29)12-27-14-20-11-18(27)15-33-20/h2-7,10,18-20,30H,8-9,11-15H2,1H3/t18-,19?,20+,22?/m1/s1. The van der Waals surface area contributed by atoms with Gasteiger partial charge in [-0.2, -0.15) is 17.5 Å².